The molecule has 0 unspecified atom stereocenters. The Morgan fingerprint density at radius 1 is 1.24 bits per heavy atom. The van der Waals surface area contributed by atoms with Gasteiger partial charge in [-0.15, -0.1) is 11.3 Å². The number of ketones is 1. The molecule has 1 aliphatic rings. The number of carbonyl (C=O) groups is 1. The van der Waals surface area contributed by atoms with Crippen LogP contribution in [0.1, 0.15) is 33.2 Å². The summed E-state index contributed by atoms with van der Waals surface area (Å²) in [5.74, 6) is -1.41. The van der Waals surface area contributed by atoms with Crippen LogP contribution < -0.4 is 4.72 Å². The van der Waals surface area contributed by atoms with Crippen LogP contribution in [-0.4, -0.2) is 31.7 Å². The van der Waals surface area contributed by atoms with Crippen molar-refractivity contribution in [3.05, 3.63) is 46.0 Å². The third-order valence-electron chi connectivity index (χ3n) is 3.99. The zero-order valence-electron chi connectivity index (χ0n) is 14.9. The van der Waals surface area contributed by atoms with Gasteiger partial charge >= 0.3 is 6.18 Å². The molecule has 11 heteroatoms. The highest BCUT2D eigenvalue weighted by Crippen LogP contribution is 2.33. The van der Waals surface area contributed by atoms with E-state index in [2.05, 4.69) is 19.7 Å². The van der Waals surface area contributed by atoms with E-state index in [1.807, 2.05) is 6.07 Å². The van der Waals surface area contributed by atoms with Crippen LogP contribution in [0.15, 0.2) is 35.5 Å². The Labute approximate surface area is 177 Å². The van der Waals surface area contributed by atoms with Crippen molar-refractivity contribution in [2.24, 2.45) is 0 Å². The predicted molar refractivity (Wildman–Crippen MR) is 109 cm³/mol. The number of alkyl halides is 3. The number of Topliss-reactive ketones (excluding diaryl/α,β-unsaturated/α-hetero) is 1. The van der Waals surface area contributed by atoms with Crippen molar-refractivity contribution in [1.82, 2.24) is 19.7 Å². The Hall–Kier alpha value is -1.69. The number of nitrogens with one attached hydrogen (secondary N) is 1. The quantitative estimate of drug-likeness (QED) is 0.222. The van der Waals surface area contributed by atoms with Crippen LogP contribution in [0.25, 0.3) is 11.0 Å². The molecule has 1 saturated carbocycles. The maximum Gasteiger partial charge on any atom is 0.451 e. The van der Waals surface area contributed by atoms with E-state index in [4.69, 9.17) is 0 Å². The lowest BCUT2D eigenvalue weighted by Crippen LogP contribution is -2.12. The van der Waals surface area contributed by atoms with Crippen molar-refractivity contribution in [3.8, 4) is 0 Å². The second-order valence-corrected chi connectivity index (χ2v) is 9.66. The minimum Gasteiger partial charge on any atom is -0.292 e. The highest BCUT2D eigenvalue weighted by molar-refractivity contribution is 8.00. The Bertz CT molecular complexity index is 1040. The third kappa shape index (κ3) is 5.27. The molecule has 0 amide bonds. The highest BCUT2D eigenvalue weighted by Gasteiger charge is 2.36. The van der Waals surface area contributed by atoms with Crippen molar-refractivity contribution in [1.29, 1.82) is 0 Å². The first kappa shape index (κ1) is 20.6. The molecule has 0 radical (unpaired) electrons. The largest absolute Gasteiger partial charge is 0.451 e. The highest BCUT2D eigenvalue weighted by atomic mass is 32.2. The molecule has 3 heterocycles. The van der Waals surface area contributed by atoms with Crippen molar-refractivity contribution in [3.63, 3.8) is 0 Å². The molecule has 0 atom stereocenters. The summed E-state index contributed by atoms with van der Waals surface area (Å²) in [6.45, 7) is 0.684. The van der Waals surface area contributed by atoms with E-state index in [9.17, 15) is 18.0 Å². The SMILES string of the molecule is O=C(CSc1nc(C(F)(F)F)nc2ncccc12)c1ccc(CNSC2CC2)s1. The monoisotopic (exact) mass is 456 g/mol. The Kier molecular flexibility index (Phi) is 6.09. The van der Waals surface area contributed by atoms with Crippen molar-refractivity contribution >= 4 is 51.9 Å². The second-order valence-electron chi connectivity index (χ2n) is 6.34. The normalized spacial score (nSPS) is 14.4. The van der Waals surface area contributed by atoms with Gasteiger partial charge in [-0.3, -0.25) is 9.52 Å². The predicted octanol–water partition coefficient (Wildman–Crippen LogP) is 4.98. The molecular formula is C18H15F3N4OS3. The van der Waals surface area contributed by atoms with Gasteiger partial charge in [0.2, 0.25) is 5.82 Å². The summed E-state index contributed by atoms with van der Waals surface area (Å²) in [6, 6.07) is 6.85. The molecule has 4 rings (SSSR count). The topological polar surface area (TPSA) is 67.8 Å². The van der Waals surface area contributed by atoms with Gasteiger partial charge in [0.1, 0.15) is 5.03 Å². The summed E-state index contributed by atoms with van der Waals surface area (Å²) in [7, 11) is 0. The molecule has 0 spiro atoms. The van der Waals surface area contributed by atoms with E-state index in [-0.39, 0.29) is 22.2 Å². The van der Waals surface area contributed by atoms with Crippen molar-refractivity contribution < 1.29 is 18.0 Å². The molecule has 0 aliphatic heterocycles. The Balaban J connectivity index is 1.44. The maximum atomic E-state index is 13.1. The minimum atomic E-state index is -4.68. The molecule has 152 valence electrons. The number of hydrogen-bond donors (Lipinski definition) is 1. The number of rotatable bonds is 8. The number of carbonyl (C=O) groups excluding carboxylic acids is 1. The first-order valence-electron chi connectivity index (χ1n) is 8.73. The summed E-state index contributed by atoms with van der Waals surface area (Å²) in [5, 5.41) is 1.20. The molecule has 3 aromatic heterocycles. The van der Waals surface area contributed by atoms with Crippen LogP contribution in [0, 0.1) is 0 Å². The van der Waals surface area contributed by atoms with Gasteiger partial charge in [0.05, 0.1) is 16.0 Å². The van der Waals surface area contributed by atoms with Gasteiger partial charge in [-0.25, -0.2) is 15.0 Å². The number of pyridine rings is 1. The second kappa shape index (κ2) is 8.58. The van der Waals surface area contributed by atoms with E-state index in [0.717, 1.165) is 16.6 Å². The van der Waals surface area contributed by atoms with Crippen LogP contribution >= 0.6 is 35.0 Å². The summed E-state index contributed by atoms with van der Waals surface area (Å²) in [4.78, 5) is 25.2. The first-order chi connectivity index (χ1) is 13.9. The van der Waals surface area contributed by atoms with Gasteiger partial charge < -0.3 is 0 Å². The van der Waals surface area contributed by atoms with Crippen LogP contribution in [0.3, 0.4) is 0 Å². The fourth-order valence-electron chi connectivity index (χ4n) is 2.42. The van der Waals surface area contributed by atoms with Crippen molar-refractivity contribution in [2.75, 3.05) is 5.75 Å². The lowest BCUT2D eigenvalue weighted by atomic mass is 10.3. The number of hydrogen-bond acceptors (Lipinski definition) is 8. The van der Waals surface area contributed by atoms with Gasteiger partial charge in [0.15, 0.2) is 11.4 Å². The van der Waals surface area contributed by atoms with E-state index in [1.165, 1.54) is 30.4 Å². The van der Waals surface area contributed by atoms with Gasteiger partial charge in [-0.05, 0) is 37.1 Å². The number of aromatic nitrogens is 3. The Morgan fingerprint density at radius 2 is 2.07 bits per heavy atom. The molecule has 5 nitrogen and oxygen atoms in total. The van der Waals surface area contributed by atoms with Gasteiger partial charge in [0.25, 0.3) is 0 Å². The summed E-state index contributed by atoms with van der Waals surface area (Å²) in [5.41, 5.74) is -0.0394. The fourth-order valence-corrected chi connectivity index (χ4v) is 5.22. The van der Waals surface area contributed by atoms with Crippen LogP contribution in [0.2, 0.25) is 0 Å². The summed E-state index contributed by atoms with van der Waals surface area (Å²) < 4.78 is 42.5. The fraction of sp³-hybridized carbons (Fsp3) is 0.333. The lowest BCUT2D eigenvalue weighted by molar-refractivity contribution is -0.145. The van der Waals surface area contributed by atoms with E-state index < -0.39 is 12.0 Å². The van der Waals surface area contributed by atoms with E-state index >= 15 is 0 Å². The van der Waals surface area contributed by atoms with E-state index in [1.54, 1.807) is 30.1 Å². The average molecular weight is 457 g/mol. The van der Waals surface area contributed by atoms with Crippen LogP contribution in [0.5, 0.6) is 0 Å². The van der Waals surface area contributed by atoms with E-state index in [0.29, 0.717) is 22.1 Å². The molecule has 29 heavy (non-hydrogen) atoms. The Morgan fingerprint density at radius 3 is 2.83 bits per heavy atom. The maximum absolute atomic E-state index is 13.1. The number of thioether (sulfide) groups is 1. The molecule has 0 bridgehead atoms. The average Bonchev–Trinajstić information content (AvgIpc) is 3.40. The molecular weight excluding hydrogens is 441 g/mol. The standard InChI is InChI=1S/C18H15F3N4OS3/c19-18(20,21)17-24-15-12(2-1-7-22-15)16(25-17)27-9-13(26)14-6-5-11(28-14)8-23-29-10-3-4-10/h1-2,5-7,10,23H,3-4,8-9H2. The number of nitrogens with zero attached hydrogens (tertiary/aromatic N) is 3. The first-order valence-corrected chi connectivity index (χ1v) is 11.4. The van der Waals surface area contributed by atoms with Crippen molar-refractivity contribution in [2.45, 2.75) is 35.8 Å². The lowest BCUT2D eigenvalue weighted by Gasteiger charge is -2.09. The number of fused-ring (bicyclic) bond motifs is 1. The summed E-state index contributed by atoms with van der Waals surface area (Å²) >= 11 is 4.09. The summed E-state index contributed by atoms with van der Waals surface area (Å²) in [6.07, 6.45) is -0.824. The molecule has 1 aliphatic carbocycles. The van der Waals surface area contributed by atoms with Gasteiger partial charge in [-0.1, -0.05) is 23.7 Å². The van der Waals surface area contributed by atoms with Gasteiger partial charge in [0, 0.05) is 22.9 Å². The zero-order chi connectivity index (χ0) is 20.4. The molecule has 0 aromatic carbocycles. The van der Waals surface area contributed by atoms with Crippen LogP contribution in [-0.2, 0) is 12.7 Å². The van der Waals surface area contributed by atoms with Crippen LogP contribution in [0.4, 0.5) is 13.2 Å². The molecule has 1 fully saturated rings. The third-order valence-corrected chi connectivity index (χ3v) is 7.22. The zero-order valence-corrected chi connectivity index (χ0v) is 17.4. The molecule has 0 saturated heterocycles. The smallest absolute Gasteiger partial charge is 0.292 e. The minimum absolute atomic E-state index is 0.0114. The van der Waals surface area contributed by atoms with Gasteiger partial charge in [-0.2, -0.15) is 13.2 Å². The molecule has 3 aromatic rings. The number of thiophene rings is 1. The number of halogens is 3. The molecule has 1 N–H and O–H groups in total.